The maximum Gasteiger partial charge on any atom is 0.311 e. The number of amides is 1. The number of hydrogen-bond donors (Lipinski definition) is 2. The van der Waals surface area contributed by atoms with Gasteiger partial charge in [0.2, 0.25) is 5.91 Å². The monoisotopic (exact) mass is 378 g/mol. The van der Waals surface area contributed by atoms with E-state index in [4.69, 9.17) is 5.73 Å². The van der Waals surface area contributed by atoms with Gasteiger partial charge in [-0.05, 0) is 35.7 Å². The second-order valence-electron chi connectivity index (χ2n) is 6.85. The summed E-state index contributed by atoms with van der Waals surface area (Å²) in [5.74, 6) is -2.42. The summed E-state index contributed by atoms with van der Waals surface area (Å²) in [5, 5.41) is 10.3. The number of fused-ring (bicyclic) bond motifs is 1. The number of carbonyl (C=O) groups is 3. The van der Waals surface area contributed by atoms with Crippen molar-refractivity contribution >= 4 is 29.1 Å². The Hall–Kier alpha value is -3.41. The molecule has 6 heteroatoms. The lowest BCUT2D eigenvalue weighted by Gasteiger charge is -2.11. The molecule has 1 unspecified atom stereocenters. The molecular weight excluding hydrogens is 356 g/mol. The third kappa shape index (κ3) is 3.81. The molecule has 3 aromatic rings. The fraction of sp³-hybridized carbons (Fsp3) is 0.227. The molecule has 3 N–H and O–H groups in total. The Morgan fingerprint density at radius 1 is 1.18 bits per heavy atom. The van der Waals surface area contributed by atoms with Crippen LogP contribution in [0.5, 0.6) is 0 Å². The van der Waals surface area contributed by atoms with Crippen molar-refractivity contribution in [3.05, 3.63) is 70.9 Å². The highest BCUT2D eigenvalue weighted by molar-refractivity contribution is 5.92. The van der Waals surface area contributed by atoms with Crippen LogP contribution in [0, 0.1) is 6.92 Å². The van der Waals surface area contributed by atoms with Crippen molar-refractivity contribution in [2.45, 2.75) is 32.2 Å². The number of carbonyl (C=O) groups excluding carboxylic acids is 2. The maximum absolute atomic E-state index is 11.6. The molecule has 2 aromatic carbocycles. The molecule has 28 heavy (non-hydrogen) atoms. The van der Waals surface area contributed by atoms with Crippen molar-refractivity contribution in [1.82, 2.24) is 4.57 Å². The van der Waals surface area contributed by atoms with Gasteiger partial charge in [-0.1, -0.05) is 36.4 Å². The highest BCUT2D eigenvalue weighted by Gasteiger charge is 2.22. The lowest BCUT2D eigenvalue weighted by atomic mass is 9.94. The topological polar surface area (TPSA) is 102 Å². The minimum absolute atomic E-state index is 0.0684. The van der Waals surface area contributed by atoms with Gasteiger partial charge in [-0.3, -0.25) is 9.59 Å². The average molecular weight is 378 g/mol. The van der Waals surface area contributed by atoms with Crippen molar-refractivity contribution in [3.8, 4) is 0 Å². The number of nitrogens with zero attached hydrogens (tertiary/aromatic N) is 1. The van der Waals surface area contributed by atoms with Crippen LogP contribution in [0.15, 0.2) is 48.5 Å². The molecule has 0 spiro atoms. The van der Waals surface area contributed by atoms with E-state index >= 15 is 0 Å². The van der Waals surface area contributed by atoms with E-state index in [1.54, 1.807) is 12.1 Å². The first-order valence-electron chi connectivity index (χ1n) is 9.02. The lowest BCUT2D eigenvalue weighted by Crippen LogP contribution is -2.14. The smallest absolute Gasteiger partial charge is 0.311 e. The van der Waals surface area contributed by atoms with Crippen molar-refractivity contribution in [1.29, 1.82) is 0 Å². The predicted octanol–water partition coefficient (Wildman–Crippen LogP) is 2.78. The van der Waals surface area contributed by atoms with Crippen molar-refractivity contribution in [2.24, 2.45) is 5.73 Å². The number of aliphatic carboxylic acids is 1. The Bertz CT molecular complexity index is 1040. The molecule has 1 aromatic heterocycles. The summed E-state index contributed by atoms with van der Waals surface area (Å²) in [6.45, 7) is 2.55. The quantitative estimate of drug-likeness (QED) is 0.588. The number of carboxylic acid groups (broad SMARTS) is 1. The zero-order chi connectivity index (χ0) is 20.3. The summed E-state index contributed by atoms with van der Waals surface area (Å²) >= 11 is 0. The summed E-state index contributed by atoms with van der Waals surface area (Å²) in [4.78, 5) is 34.1. The third-order valence-electron chi connectivity index (χ3n) is 5.05. The van der Waals surface area contributed by atoms with E-state index in [0.717, 1.165) is 27.7 Å². The number of carboxylic acids is 1. The molecule has 0 bridgehead atoms. The molecule has 0 aliphatic heterocycles. The second-order valence-corrected chi connectivity index (χ2v) is 6.85. The first-order chi connectivity index (χ1) is 13.4. The number of rotatable bonds is 8. The molecule has 1 amide bonds. The van der Waals surface area contributed by atoms with Crippen LogP contribution in [0.25, 0.3) is 10.9 Å². The van der Waals surface area contributed by atoms with Crippen LogP contribution in [0.4, 0.5) is 0 Å². The van der Waals surface area contributed by atoms with Gasteiger partial charge in [0, 0.05) is 29.6 Å². The molecule has 144 valence electrons. The van der Waals surface area contributed by atoms with Gasteiger partial charge in [-0.25, -0.2) is 0 Å². The molecule has 0 saturated heterocycles. The van der Waals surface area contributed by atoms with E-state index in [0.29, 0.717) is 18.4 Å². The summed E-state index contributed by atoms with van der Waals surface area (Å²) in [5.41, 5.74) is 9.70. The second kappa shape index (κ2) is 8.08. The largest absolute Gasteiger partial charge is 0.481 e. The Morgan fingerprint density at radius 3 is 2.50 bits per heavy atom. The average Bonchev–Trinajstić information content (AvgIpc) is 2.91. The Balaban J connectivity index is 2.17. The molecule has 1 atom stereocenters. The van der Waals surface area contributed by atoms with Gasteiger partial charge in [-0.15, -0.1) is 0 Å². The number of primary amides is 1. The van der Waals surface area contributed by atoms with Crippen LogP contribution >= 0.6 is 0 Å². The fourth-order valence-electron chi connectivity index (χ4n) is 3.63. The van der Waals surface area contributed by atoms with Crippen LogP contribution in [-0.4, -0.2) is 27.8 Å². The minimum atomic E-state index is -1.05. The molecule has 0 aliphatic rings. The highest BCUT2D eigenvalue weighted by atomic mass is 16.4. The maximum atomic E-state index is 11.6. The number of aldehydes is 1. The van der Waals surface area contributed by atoms with E-state index in [-0.39, 0.29) is 12.8 Å². The fourth-order valence-corrected chi connectivity index (χ4v) is 3.63. The standard InChI is InChI=1S/C22H22N2O4/c1-14-18(12-21(23)26)19-11-16(17(9-10-25)22(27)28)7-8-20(19)24(14)13-15-5-3-2-4-6-15/h2-8,10-11,17H,9,12-13H2,1H3,(H2,23,26)(H,27,28). The molecule has 0 aliphatic carbocycles. The van der Waals surface area contributed by atoms with E-state index in [1.807, 2.05) is 43.3 Å². The molecule has 0 saturated carbocycles. The summed E-state index contributed by atoms with van der Waals surface area (Å²) in [6, 6.07) is 15.3. The normalized spacial score (nSPS) is 12.0. The van der Waals surface area contributed by atoms with Crippen molar-refractivity contribution in [3.63, 3.8) is 0 Å². The van der Waals surface area contributed by atoms with E-state index < -0.39 is 17.8 Å². The Kier molecular flexibility index (Phi) is 5.59. The van der Waals surface area contributed by atoms with Crippen molar-refractivity contribution < 1.29 is 19.5 Å². The molecular formula is C22H22N2O4. The molecule has 1 heterocycles. The molecule has 0 fully saturated rings. The SMILES string of the molecule is Cc1c(CC(N)=O)c2cc(C(CC=O)C(=O)O)ccc2n1Cc1ccccc1. The van der Waals surface area contributed by atoms with Gasteiger partial charge in [0.25, 0.3) is 0 Å². The molecule has 6 nitrogen and oxygen atoms in total. The molecule has 3 rings (SSSR count). The van der Waals surface area contributed by atoms with Gasteiger partial charge in [0.05, 0.1) is 12.3 Å². The summed E-state index contributed by atoms with van der Waals surface area (Å²) in [6.07, 6.45) is 0.577. The van der Waals surface area contributed by atoms with Gasteiger partial charge >= 0.3 is 5.97 Å². The van der Waals surface area contributed by atoms with Crippen LogP contribution < -0.4 is 5.73 Å². The van der Waals surface area contributed by atoms with E-state index in [9.17, 15) is 19.5 Å². The molecule has 0 radical (unpaired) electrons. The summed E-state index contributed by atoms with van der Waals surface area (Å²) < 4.78 is 2.10. The predicted molar refractivity (Wildman–Crippen MR) is 106 cm³/mol. The van der Waals surface area contributed by atoms with E-state index in [1.165, 1.54) is 0 Å². The Morgan fingerprint density at radius 2 is 1.89 bits per heavy atom. The number of nitrogens with two attached hydrogens (primary N) is 1. The van der Waals surface area contributed by atoms with Crippen molar-refractivity contribution in [2.75, 3.05) is 0 Å². The first kappa shape index (κ1) is 19.4. The number of hydrogen-bond acceptors (Lipinski definition) is 3. The lowest BCUT2D eigenvalue weighted by molar-refractivity contribution is -0.139. The van der Waals surface area contributed by atoms with Gasteiger partial charge in [0.1, 0.15) is 6.29 Å². The third-order valence-corrected chi connectivity index (χ3v) is 5.05. The van der Waals surface area contributed by atoms with Gasteiger partial charge < -0.3 is 20.2 Å². The van der Waals surface area contributed by atoms with Gasteiger partial charge in [-0.2, -0.15) is 0 Å². The highest BCUT2D eigenvalue weighted by Crippen LogP contribution is 2.31. The van der Waals surface area contributed by atoms with Crippen LogP contribution in [0.2, 0.25) is 0 Å². The van der Waals surface area contributed by atoms with E-state index in [2.05, 4.69) is 4.57 Å². The zero-order valence-corrected chi connectivity index (χ0v) is 15.6. The summed E-state index contributed by atoms with van der Waals surface area (Å²) in [7, 11) is 0. The Labute approximate surface area is 162 Å². The number of benzene rings is 2. The first-order valence-corrected chi connectivity index (χ1v) is 9.02. The van der Waals surface area contributed by atoms with Crippen LogP contribution in [0.3, 0.4) is 0 Å². The van der Waals surface area contributed by atoms with Gasteiger partial charge in [0.15, 0.2) is 0 Å². The zero-order valence-electron chi connectivity index (χ0n) is 15.6. The minimum Gasteiger partial charge on any atom is -0.481 e. The van der Waals surface area contributed by atoms with Crippen LogP contribution in [0.1, 0.15) is 34.7 Å². The number of aromatic nitrogens is 1. The van der Waals surface area contributed by atoms with Crippen LogP contribution in [-0.2, 0) is 27.3 Å².